The van der Waals surface area contributed by atoms with Gasteiger partial charge in [-0.15, -0.1) is 0 Å². The molecule has 0 saturated carbocycles. The van der Waals surface area contributed by atoms with Gasteiger partial charge >= 0.3 is 0 Å². The molecule has 0 aliphatic carbocycles. The van der Waals surface area contributed by atoms with E-state index in [0.29, 0.717) is 48.2 Å². The maximum Gasteiger partial charge on any atom is 0.291 e. The number of pyridine rings is 1. The molecule has 0 fully saturated rings. The normalized spacial score (nSPS) is 10.6. The molecular formula is C15H9Cl2N3O2. The van der Waals surface area contributed by atoms with Crippen molar-refractivity contribution in [2.45, 2.75) is 0 Å². The van der Waals surface area contributed by atoms with Crippen LogP contribution in [-0.4, -0.2) is 12.1 Å². The van der Waals surface area contributed by atoms with Crippen molar-refractivity contribution in [1.29, 1.82) is 5.26 Å². The van der Waals surface area contributed by atoms with E-state index in [9.17, 15) is 10.5 Å². The highest BCUT2D eigenvalue weighted by Crippen LogP contribution is 2.39. The largest absolute Gasteiger partial charge is 0.711 e. The Kier molecular flexibility index (Phi) is 3.57. The van der Waals surface area contributed by atoms with Gasteiger partial charge in [0.2, 0.25) is 0 Å². The summed E-state index contributed by atoms with van der Waals surface area (Å²) in [5.74, 6) is 0.460. The summed E-state index contributed by atoms with van der Waals surface area (Å²) >= 11 is 12.3. The van der Waals surface area contributed by atoms with Crippen LogP contribution in [0.4, 0.5) is 0 Å². The van der Waals surface area contributed by atoms with Crippen LogP contribution in [0, 0.1) is 16.5 Å². The number of hydrogen-bond donors (Lipinski definition) is 1. The van der Waals surface area contributed by atoms with Gasteiger partial charge in [-0.3, -0.25) is 0 Å². The second kappa shape index (κ2) is 5.41. The number of benzene rings is 1. The summed E-state index contributed by atoms with van der Waals surface area (Å²) in [5, 5.41) is 22.4. The standard InChI is InChI=1S/C15H9Cl2N3O2/c1-22-13-4-10(11(16)5-12(13)17)9-2-3-20(21)15-14(9)8(6-18)7-19-15/h2-5,7,19H,1H3. The van der Waals surface area contributed by atoms with Crippen LogP contribution in [0.1, 0.15) is 5.56 Å². The van der Waals surface area contributed by atoms with E-state index >= 15 is 0 Å². The summed E-state index contributed by atoms with van der Waals surface area (Å²) in [5.41, 5.74) is 1.93. The first kappa shape index (κ1) is 14.5. The van der Waals surface area contributed by atoms with Crippen LogP contribution in [0.2, 0.25) is 10.0 Å². The van der Waals surface area contributed by atoms with Crippen LogP contribution in [0.5, 0.6) is 5.75 Å². The molecule has 0 radical (unpaired) electrons. The molecule has 2 aromatic heterocycles. The molecule has 5 nitrogen and oxygen atoms in total. The average molecular weight is 334 g/mol. The van der Waals surface area contributed by atoms with Gasteiger partial charge in [0.15, 0.2) is 0 Å². The molecular weight excluding hydrogens is 325 g/mol. The quantitative estimate of drug-likeness (QED) is 0.574. The Morgan fingerprint density at radius 3 is 2.73 bits per heavy atom. The summed E-state index contributed by atoms with van der Waals surface area (Å²) < 4.78 is 5.87. The molecule has 0 spiro atoms. The number of rotatable bonds is 2. The number of hydrogen-bond acceptors (Lipinski definition) is 3. The molecule has 3 aromatic rings. The molecule has 0 aliphatic heterocycles. The van der Waals surface area contributed by atoms with Crippen LogP contribution in [-0.2, 0) is 0 Å². The lowest BCUT2D eigenvalue weighted by molar-refractivity contribution is -0.578. The average Bonchev–Trinajstić information content (AvgIpc) is 2.93. The van der Waals surface area contributed by atoms with Crippen molar-refractivity contribution in [2.75, 3.05) is 7.11 Å². The summed E-state index contributed by atoms with van der Waals surface area (Å²) in [6.07, 6.45) is 2.84. The fourth-order valence-corrected chi connectivity index (χ4v) is 2.93. The zero-order chi connectivity index (χ0) is 15.9. The van der Waals surface area contributed by atoms with E-state index in [1.165, 1.54) is 19.5 Å². The second-order valence-electron chi connectivity index (χ2n) is 4.56. The summed E-state index contributed by atoms with van der Waals surface area (Å²) in [6, 6.07) is 6.93. The smallest absolute Gasteiger partial charge is 0.291 e. The minimum Gasteiger partial charge on any atom is -0.711 e. The first-order chi connectivity index (χ1) is 10.6. The Labute approximate surface area is 135 Å². The molecule has 0 aliphatic rings. The highest BCUT2D eigenvalue weighted by Gasteiger charge is 2.19. The molecule has 1 aromatic carbocycles. The van der Waals surface area contributed by atoms with Gasteiger partial charge in [0.25, 0.3) is 5.65 Å². The first-order valence-corrected chi connectivity index (χ1v) is 6.99. The molecule has 110 valence electrons. The fraction of sp³-hybridized carbons (Fsp3) is 0.0667. The van der Waals surface area contributed by atoms with Crippen LogP contribution in [0.15, 0.2) is 30.6 Å². The van der Waals surface area contributed by atoms with Crippen LogP contribution in [0.25, 0.3) is 22.2 Å². The van der Waals surface area contributed by atoms with Gasteiger partial charge in [0.05, 0.1) is 28.7 Å². The molecule has 7 heteroatoms. The minimum atomic E-state index is 0.291. The number of methoxy groups -OCH3 is 1. The van der Waals surface area contributed by atoms with E-state index in [1.54, 1.807) is 18.2 Å². The topological polar surface area (TPSA) is 75.8 Å². The van der Waals surface area contributed by atoms with E-state index in [4.69, 9.17) is 27.9 Å². The minimum absolute atomic E-state index is 0.291. The predicted octanol–water partition coefficient (Wildman–Crippen LogP) is 3.66. The summed E-state index contributed by atoms with van der Waals surface area (Å²) in [7, 11) is 1.50. The van der Waals surface area contributed by atoms with Crippen molar-refractivity contribution < 1.29 is 9.47 Å². The molecule has 0 saturated heterocycles. The van der Waals surface area contributed by atoms with Crippen molar-refractivity contribution >= 4 is 34.2 Å². The van der Waals surface area contributed by atoms with Gasteiger partial charge in [-0.25, -0.2) is 9.71 Å². The second-order valence-corrected chi connectivity index (χ2v) is 5.37. The highest BCUT2D eigenvalue weighted by atomic mass is 35.5. The van der Waals surface area contributed by atoms with Crippen molar-refractivity contribution in [2.24, 2.45) is 0 Å². The van der Waals surface area contributed by atoms with Crippen molar-refractivity contribution in [3.05, 3.63) is 51.4 Å². The number of nitriles is 1. The number of halogens is 2. The molecule has 2 heterocycles. The molecule has 0 unspecified atom stereocenters. The lowest BCUT2D eigenvalue weighted by Gasteiger charge is -2.11. The molecule has 0 amide bonds. The lowest BCUT2D eigenvalue weighted by Crippen LogP contribution is -2.26. The number of aromatic amines is 1. The van der Waals surface area contributed by atoms with Gasteiger partial charge in [-0.1, -0.05) is 23.2 Å². The number of nitrogens with zero attached hydrogens (tertiary/aromatic N) is 2. The highest BCUT2D eigenvalue weighted by molar-refractivity contribution is 6.37. The van der Waals surface area contributed by atoms with E-state index in [-0.39, 0.29) is 0 Å². The van der Waals surface area contributed by atoms with Gasteiger partial charge in [0, 0.05) is 11.1 Å². The zero-order valence-corrected chi connectivity index (χ0v) is 12.9. The zero-order valence-electron chi connectivity index (χ0n) is 11.4. The summed E-state index contributed by atoms with van der Waals surface area (Å²) in [6.45, 7) is 0. The van der Waals surface area contributed by atoms with Gasteiger partial charge in [0.1, 0.15) is 23.6 Å². The SMILES string of the molecule is COc1cc(-c2cc[n+]([O-])c3[nH]cc(C#N)c23)c(Cl)cc1Cl. The van der Waals surface area contributed by atoms with E-state index < -0.39 is 0 Å². The van der Waals surface area contributed by atoms with Crippen molar-refractivity contribution in [1.82, 2.24) is 4.98 Å². The third-order valence-electron chi connectivity index (χ3n) is 3.38. The predicted molar refractivity (Wildman–Crippen MR) is 84.0 cm³/mol. The third kappa shape index (κ3) is 2.13. The number of H-pyrrole nitrogens is 1. The van der Waals surface area contributed by atoms with E-state index in [1.807, 2.05) is 0 Å². The molecule has 0 atom stereocenters. The van der Waals surface area contributed by atoms with Crippen LogP contribution in [0.3, 0.4) is 0 Å². The Bertz CT molecular complexity index is 929. The molecule has 3 rings (SSSR count). The fourth-order valence-electron chi connectivity index (χ4n) is 2.36. The van der Waals surface area contributed by atoms with Crippen molar-refractivity contribution in [3.8, 4) is 22.9 Å². The molecule has 1 N–H and O–H groups in total. The van der Waals surface area contributed by atoms with Crippen molar-refractivity contribution in [3.63, 3.8) is 0 Å². The number of aromatic nitrogens is 2. The van der Waals surface area contributed by atoms with Gasteiger partial charge in [-0.2, -0.15) is 5.26 Å². The van der Waals surface area contributed by atoms with Crippen LogP contribution >= 0.6 is 23.2 Å². The first-order valence-electron chi connectivity index (χ1n) is 6.23. The number of fused-ring (bicyclic) bond motifs is 1. The van der Waals surface area contributed by atoms with E-state index in [0.717, 1.165) is 0 Å². The van der Waals surface area contributed by atoms with Crippen LogP contribution < -0.4 is 9.47 Å². The Balaban J connectivity index is 2.39. The maximum atomic E-state index is 11.9. The lowest BCUT2D eigenvalue weighted by atomic mass is 10.0. The van der Waals surface area contributed by atoms with Gasteiger partial charge in [-0.05, 0) is 18.2 Å². The molecule has 22 heavy (non-hydrogen) atoms. The maximum absolute atomic E-state index is 11.9. The number of nitrogens with one attached hydrogen (secondary N) is 1. The monoisotopic (exact) mass is 333 g/mol. The molecule has 0 bridgehead atoms. The van der Waals surface area contributed by atoms with Gasteiger partial charge < -0.3 is 9.94 Å². The Hall–Kier alpha value is -2.42. The summed E-state index contributed by atoms with van der Waals surface area (Å²) in [4.78, 5) is 2.80. The third-order valence-corrected chi connectivity index (χ3v) is 3.99. The number of ether oxygens (including phenoxy) is 1. The Morgan fingerprint density at radius 1 is 1.27 bits per heavy atom. The van der Waals surface area contributed by atoms with E-state index in [2.05, 4.69) is 11.1 Å². The Morgan fingerprint density at radius 2 is 2.05 bits per heavy atom.